The van der Waals surface area contributed by atoms with Gasteiger partial charge in [0, 0.05) is 0 Å². The molecule has 2 nitrogen and oxygen atoms in total. The molecule has 0 N–H and O–H groups in total. The van der Waals surface area contributed by atoms with E-state index in [0.29, 0.717) is 12.8 Å². The number of hydrogen-bond acceptors (Lipinski definition) is 2. The molecule has 1 aliphatic carbocycles. The number of hydrogen-bond donors (Lipinski definition) is 0. The number of methoxy groups -OCH3 is 1. The monoisotopic (exact) mass is 195 g/mol. The van der Waals surface area contributed by atoms with Crippen molar-refractivity contribution in [2.45, 2.75) is 19.2 Å². The highest BCUT2D eigenvalue weighted by Gasteiger charge is 2.39. The van der Waals surface area contributed by atoms with Gasteiger partial charge in [-0.05, 0) is 12.8 Å². The smallest absolute Gasteiger partial charge is 0.469 e. The third-order valence-electron chi connectivity index (χ3n) is 2.37. The molecule has 0 aromatic heterocycles. The summed E-state index contributed by atoms with van der Waals surface area (Å²) in [5, 5.41) is 0. The molecule has 0 aromatic rings. The molecule has 0 heterocycles. The summed E-state index contributed by atoms with van der Waals surface area (Å²) in [6, 6.07) is 0. The van der Waals surface area contributed by atoms with Crippen molar-refractivity contribution in [3.8, 4) is 0 Å². The van der Waals surface area contributed by atoms with Gasteiger partial charge in [-0.25, -0.2) is 0 Å². The lowest BCUT2D eigenvalue weighted by Gasteiger charge is -2.36. The Bertz CT molecular complexity index is 198. The van der Waals surface area contributed by atoms with Crippen molar-refractivity contribution in [2.24, 2.45) is 11.8 Å². The highest BCUT2D eigenvalue weighted by molar-refractivity contribution is 6.58. The van der Waals surface area contributed by atoms with Crippen LogP contribution in [0.3, 0.4) is 0 Å². The van der Waals surface area contributed by atoms with Crippen LogP contribution in [-0.4, -0.2) is 20.1 Å². The van der Waals surface area contributed by atoms with Crippen LogP contribution in [0.5, 0.6) is 0 Å². The minimum Gasteiger partial charge on any atom is -0.469 e. The number of carbonyl (C=O) groups excluding carboxylic acids is 1. The van der Waals surface area contributed by atoms with Gasteiger partial charge in [0.2, 0.25) is 0 Å². The standard InChI is InChI=1S/C7H11BF3O2/c1-13-7(12)6-2-5(3-6)4-8(9,10)11/h5-6H,2-4H2,1H3/q-1. The molecule has 1 rings (SSSR count). The summed E-state index contributed by atoms with van der Waals surface area (Å²) in [5.74, 6) is -1.04. The Morgan fingerprint density at radius 3 is 2.38 bits per heavy atom. The fourth-order valence-corrected chi connectivity index (χ4v) is 1.67. The second kappa shape index (κ2) is 3.60. The lowest BCUT2D eigenvalue weighted by atomic mass is 9.65. The van der Waals surface area contributed by atoms with Crippen LogP contribution in [0.15, 0.2) is 0 Å². The molecule has 0 aliphatic heterocycles. The number of carbonyl (C=O) groups is 1. The van der Waals surface area contributed by atoms with Crippen LogP contribution in [-0.2, 0) is 9.53 Å². The van der Waals surface area contributed by atoms with Crippen molar-refractivity contribution in [1.29, 1.82) is 0 Å². The second-order valence-corrected chi connectivity index (χ2v) is 3.50. The molecular formula is C7H11BF3O2-. The molecule has 0 aromatic carbocycles. The maximum atomic E-state index is 11.9. The van der Waals surface area contributed by atoms with Gasteiger partial charge in [-0.15, -0.1) is 0 Å². The van der Waals surface area contributed by atoms with Crippen LogP contribution >= 0.6 is 0 Å². The number of esters is 1. The van der Waals surface area contributed by atoms with Gasteiger partial charge in [0.1, 0.15) is 0 Å². The van der Waals surface area contributed by atoms with Gasteiger partial charge in [-0.3, -0.25) is 4.79 Å². The Morgan fingerprint density at radius 2 is 2.00 bits per heavy atom. The summed E-state index contributed by atoms with van der Waals surface area (Å²) in [4.78, 5) is 10.8. The summed E-state index contributed by atoms with van der Waals surface area (Å²) >= 11 is 0. The summed E-state index contributed by atoms with van der Waals surface area (Å²) in [7, 11) is 1.25. The SMILES string of the molecule is COC(=O)C1CC(C[B-](F)(F)F)C1. The van der Waals surface area contributed by atoms with Crippen molar-refractivity contribution in [3.05, 3.63) is 0 Å². The molecular weight excluding hydrogens is 184 g/mol. The van der Waals surface area contributed by atoms with E-state index >= 15 is 0 Å². The number of rotatable bonds is 3. The van der Waals surface area contributed by atoms with E-state index in [1.165, 1.54) is 7.11 Å². The first-order valence-electron chi connectivity index (χ1n) is 4.21. The summed E-state index contributed by atoms with van der Waals surface area (Å²) in [6.07, 6.45) is -0.0602. The molecule has 76 valence electrons. The Kier molecular flexibility index (Phi) is 2.88. The highest BCUT2D eigenvalue weighted by Crippen LogP contribution is 2.40. The van der Waals surface area contributed by atoms with E-state index < -0.39 is 13.3 Å². The first-order chi connectivity index (χ1) is 5.92. The number of halogens is 3. The molecule has 0 amide bonds. The van der Waals surface area contributed by atoms with Crippen LogP contribution < -0.4 is 0 Å². The second-order valence-electron chi connectivity index (χ2n) is 3.50. The van der Waals surface area contributed by atoms with Gasteiger partial charge in [-0.2, -0.15) is 0 Å². The van der Waals surface area contributed by atoms with Crippen molar-refractivity contribution < 1.29 is 22.5 Å². The molecule has 0 radical (unpaired) electrons. The molecule has 1 saturated carbocycles. The van der Waals surface area contributed by atoms with E-state index in [0.717, 1.165) is 0 Å². The lowest BCUT2D eigenvalue weighted by Crippen LogP contribution is -2.34. The summed E-state index contributed by atoms with van der Waals surface area (Å²) < 4.78 is 40.1. The third kappa shape index (κ3) is 2.93. The predicted molar refractivity (Wildman–Crippen MR) is 42.1 cm³/mol. The molecule has 0 saturated heterocycles. The van der Waals surface area contributed by atoms with E-state index in [1.54, 1.807) is 0 Å². The zero-order chi connectivity index (χ0) is 10.1. The highest BCUT2D eigenvalue weighted by atomic mass is 19.4. The molecule has 0 bridgehead atoms. The maximum absolute atomic E-state index is 11.9. The minimum atomic E-state index is -4.70. The van der Waals surface area contributed by atoms with Crippen LogP contribution in [0.4, 0.5) is 12.9 Å². The normalized spacial score (nSPS) is 28.0. The largest absolute Gasteiger partial charge is 0.478 e. The Balaban J connectivity index is 2.22. The average Bonchev–Trinajstić information content (AvgIpc) is 1.92. The zero-order valence-electron chi connectivity index (χ0n) is 7.30. The average molecular weight is 195 g/mol. The van der Waals surface area contributed by atoms with Crippen molar-refractivity contribution in [1.82, 2.24) is 0 Å². The van der Waals surface area contributed by atoms with Gasteiger partial charge < -0.3 is 17.7 Å². The Labute approximate surface area is 74.5 Å². The van der Waals surface area contributed by atoms with Crippen molar-refractivity contribution in [3.63, 3.8) is 0 Å². The van der Waals surface area contributed by atoms with Gasteiger partial charge in [0.05, 0.1) is 13.0 Å². The summed E-state index contributed by atoms with van der Waals surface area (Å²) in [6.45, 7) is -4.70. The molecule has 0 unspecified atom stereocenters. The summed E-state index contributed by atoms with van der Waals surface area (Å²) in [5.41, 5.74) is 0. The third-order valence-corrected chi connectivity index (χ3v) is 2.37. The Morgan fingerprint density at radius 1 is 1.46 bits per heavy atom. The van der Waals surface area contributed by atoms with Gasteiger partial charge in [0.25, 0.3) is 0 Å². The van der Waals surface area contributed by atoms with Crippen molar-refractivity contribution >= 4 is 12.9 Å². The van der Waals surface area contributed by atoms with Gasteiger partial charge >= 0.3 is 12.9 Å². The fourth-order valence-electron chi connectivity index (χ4n) is 1.67. The lowest BCUT2D eigenvalue weighted by molar-refractivity contribution is -0.149. The van der Waals surface area contributed by atoms with Gasteiger partial charge in [0.15, 0.2) is 0 Å². The predicted octanol–water partition coefficient (Wildman–Crippen LogP) is 2.03. The van der Waals surface area contributed by atoms with Crippen LogP contribution in [0.2, 0.25) is 6.32 Å². The topological polar surface area (TPSA) is 26.3 Å². The fraction of sp³-hybridized carbons (Fsp3) is 0.857. The van der Waals surface area contributed by atoms with E-state index in [2.05, 4.69) is 4.74 Å². The first kappa shape index (κ1) is 10.4. The minimum absolute atomic E-state index is 0.298. The number of ether oxygens (including phenoxy) is 1. The molecule has 1 fully saturated rings. The van der Waals surface area contributed by atoms with E-state index in [1.807, 2.05) is 0 Å². The van der Waals surface area contributed by atoms with Gasteiger partial charge in [-0.1, -0.05) is 12.2 Å². The van der Waals surface area contributed by atoms with E-state index in [9.17, 15) is 17.7 Å². The molecule has 0 spiro atoms. The quantitative estimate of drug-likeness (QED) is 0.508. The molecule has 6 heteroatoms. The van der Waals surface area contributed by atoms with E-state index in [4.69, 9.17) is 0 Å². The zero-order valence-corrected chi connectivity index (χ0v) is 7.30. The van der Waals surface area contributed by atoms with Crippen molar-refractivity contribution in [2.75, 3.05) is 7.11 Å². The molecule has 0 atom stereocenters. The van der Waals surface area contributed by atoms with Crippen LogP contribution in [0, 0.1) is 11.8 Å². The first-order valence-corrected chi connectivity index (χ1v) is 4.21. The maximum Gasteiger partial charge on any atom is 0.478 e. The van der Waals surface area contributed by atoms with Crippen LogP contribution in [0.1, 0.15) is 12.8 Å². The van der Waals surface area contributed by atoms with E-state index in [-0.39, 0.29) is 17.8 Å². The van der Waals surface area contributed by atoms with Crippen LogP contribution in [0.25, 0.3) is 0 Å². The molecule has 13 heavy (non-hydrogen) atoms. The molecule has 1 aliphatic rings. The Hall–Kier alpha value is -0.675.